The van der Waals surface area contributed by atoms with Crippen molar-refractivity contribution in [2.45, 2.75) is 44.5 Å². The lowest BCUT2D eigenvalue weighted by Gasteiger charge is -2.44. The molecule has 0 fully saturated rings. The Morgan fingerprint density at radius 1 is 0.967 bits per heavy atom. The molecule has 5 nitrogen and oxygen atoms in total. The number of aromatic nitrogens is 2. The average molecular weight is 424 g/mol. The molecular formula is C24H33N3O2Si. The quantitative estimate of drug-likeness (QED) is 0.538. The molecule has 0 aliphatic heterocycles. The molecule has 1 aromatic heterocycles. The molecule has 3 rings (SSSR count). The first-order valence-electron chi connectivity index (χ1n) is 10.4. The van der Waals surface area contributed by atoms with Gasteiger partial charge in [0, 0.05) is 19.5 Å². The smallest absolute Gasteiger partial charge is 0.261 e. The van der Waals surface area contributed by atoms with Crippen molar-refractivity contribution in [2.24, 2.45) is 5.73 Å². The lowest BCUT2D eigenvalue weighted by molar-refractivity contribution is 0.0317. The molecule has 0 bridgehead atoms. The van der Waals surface area contributed by atoms with Crippen LogP contribution in [0.2, 0.25) is 5.04 Å². The fraction of sp³-hybridized carbons (Fsp3) is 0.375. The second-order valence-electron chi connectivity index (χ2n) is 8.64. The zero-order chi connectivity index (χ0) is 21.6. The molecule has 0 saturated heterocycles. The minimum Gasteiger partial charge on any atom is -0.405 e. The molecule has 0 saturated carbocycles. The van der Waals surface area contributed by atoms with Crippen LogP contribution in [0.25, 0.3) is 0 Å². The highest BCUT2D eigenvalue weighted by atomic mass is 28.4. The van der Waals surface area contributed by atoms with Gasteiger partial charge in [-0.25, -0.2) is 0 Å². The Kier molecular flexibility index (Phi) is 7.26. The van der Waals surface area contributed by atoms with Crippen LogP contribution in [0, 0.1) is 0 Å². The minimum atomic E-state index is -2.61. The first-order valence-corrected chi connectivity index (χ1v) is 12.3. The van der Waals surface area contributed by atoms with Crippen LogP contribution in [-0.2, 0) is 15.7 Å². The van der Waals surface area contributed by atoms with Crippen LogP contribution in [0.4, 0.5) is 0 Å². The number of benzene rings is 2. The highest BCUT2D eigenvalue weighted by Crippen LogP contribution is 2.36. The van der Waals surface area contributed by atoms with Gasteiger partial charge in [-0.15, -0.1) is 0 Å². The van der Waals surface area contributed by atoms with E-state index in [1.54, 1.807) is 13.3 Å². The van der Waals surface area contributed by atoms with Gasteiger partial charge in [0.1, 0.15) is 0 Å². The predicted octanol–water partition coefficient (Wildman–Crippen LogP) is 2.80. The number of rotatable bonds is 9. The van der Waals surface area contributed by atoms with Gasteiger partial charge in [-0.1, -0.05) is 81.4 Å². The third-order valence-corrected chi connectivity index (χ3v) is 10.6. The van der Waals surface area contributed by atoms with Gasteiger partial charge in [0.15, 0.2) is 0 Å². The average Bonchev–Trinajstić information content (AvgIpc) is 3.24. The molecule has 2 aromatic carbocycles. The summed E-state index contributed by atoms with van der Waals surface area (Å²) in [4.78, 5) is 0. The summed E-state index contributed by atoms with van der Waals surface area (Å²) >= 11 is 0. The number of ether oxygens (including phenoxy) is 1. The number of methoxy groups -OCH3 is 1. The molecule has 2 atom stereocenters. The van der Waals surface area contributed by atoms with Gasteiger partial charge in [-0.2, -0.15) is 5.10 Å². The van der Waals surface area contributed by atoms with Crippen LogP contribution in [0.3, 0.4) is 0 Å². The van der Waals surface area contributed by atoms with Crippen molar-refractivity contribution < 1.29 is 9.16 Å². The zero-order valence-electron chi connectivity index (χ0n) is 18.4. The Bertz CT molecular complexity index is 840. The maximum Gasteiger partial charge on any atom is 0.261 e. The Morgan fingerprint density at radius 2 is 1.53 bits per heavy atom. The van der Waals surface area contributed by atoms with Crippen LogP contribution in [0.1, 0.15) is 20.8 Å². The van der Waals surface area contributed by atoms with E-state index in [1.165, 1.54) is 10.4 Å². The molecule has 0 radical (unpaired) electrons. The van der Waals surface area contributed by atoms with Gasteiger partial charge in [-0.05, 0) is 21.5 Å². The van der Waals surface area contributed by atoms with Gasteiger partial charge in [-0.3, -0.25) is 4.68 Å². The first kappa shape index (κ1) is 22.4. The van der Waals surface area contributed by atoms with E-state index in [1.807, 2.05) is 29.1 Å². The maximum absolute atomic E-state index is 6.96. The maximum atomic E-state index is 6.96. The summed E-state index contributed by atoms with van der Waals surface area (Å²) < 4.78 is 14.6. The third-order valence-electron chi connectivity index (χ3n) is 5.62. The number of hydrogen-bond donors (Lipinski definition) is 1. The Labute approximate surface area is 181 Å². The monoisotopic (exact) mass is 423 g/mol. The van der Waals surface area contributed by atoms with Gasteiger partial charge in [0.2, 0.25) is 0 Å². The third kappa shape index (κ3) is 4.73. The highest BCUT2D eigenvalue weighted by Gasteiger charge is 2.50. The summed E-state index contributed by atoms with van der Waals surface area (Å²) in [5, 5.41) is 6.68. The topological polar surface area (TPSA) is 62.3 Å². The van der Waals surface area contributed by atoms with E-state index < -0.39 is 8.32 Å². The van der Waals surface area contributed by atoms with E-state index >= 15 is 0 Å². The normalized spacial score (nSPS) is 14.4. The SMILES string of the molecule is COC(CO[Si](c1ccccc1)(c1ccccc1)C(C)(C)C)C(N)Cn1cccn1. The van der Waals surface area contributed by atoms with Crippen molar-refractivity contribution in [3.63, 3.8) is 0 Å². The molecule has 2 unspecified atom stereocenters. The molecule has 1 heterocycles. The number of nitrogens with zero attached hydrogens (tertiary/aromatic N) is 2. The van der Waals surface area contributed by atoms with E-state index in [9.17, 15) is 0 Å². The van der Waals surface area contributed by atoms with E-state index in [4.69, 9.17) is 14.9 Å². The molecule has 6 heteroatoms. The predicted molar refractivity (Wildman–Crippen MR) is 125 cm³/mol. The second-order valence-corrected chi connectivity index (χ2v) is 12.9. The summed E-state index contributed by atoms with van der Waals surface area (Å²) in [5.74, 6) is 0. The van der Waals surface area contributed by atoms with Crippen molar-refractivity contribution in [1.29, 1.82) is 0 Å². The molecule has 0 amide bonds. The lowest BCUT2D eigenvalue weighted by Crippen LogP contribution is -2.67. The summed E-state index contributed by atoms with van der Waals surface area (Å²) in [7, 11) is -0.914. The summed E-state index contributed by atoms with van der Waals surface area (Å²) in [6.07, 6.45) is 3.43. The highest BCUT2D eigenvalue weighted by molar-refractivity contribution is 6.99. The minimum absolute atomic E-state index is 0.0833. The molecule has 0 aliphatic rings. The van der Waals surface area contributed by atoms with Gasteiger partial charge in [0.05, 0.1) is 25.3 Å². The molecule has 30 heavy (non-hydrogen) atoms. The van der Waals surface area contributed by atoms with Crippen molar-refractivity contribution >= 4 is 18.7 Å². The molecular weight excluding hydrogens is 390 g/mol. The first-order chi connectivity index (χ1) is 14.4. The summed E-state index contributed by atoms with van der Waals surface area (Å²) in [6.45, 7) is 7.81. The molecule has 160 valence electrons. The van der Waals surface area contributed by atoms with E-state index in [0.717, 1.165) is 0 Å². The zero-order valence-corrected chi connectivity index (χ0v) is 19.4. The standard InChI is InChI=1S/C24H33N3O2Si/c1-24(2,3)30(20-12-7-5-8-13-20,21-14-9-6-10-15-21)29-19-23(28-4)22(25)18-27-17-11-16-26-27/h5-17,22-23H,18-19,25H2,1-4H3. The Morgan fingerprint density at radius 3 is 1.97 bits per heavy atom. The van der Waals surface area contributed by atoms with Crippen molar-refractivity contribution in [3.8, 4) is 0 Å². The fourth-order valence-corrected chi connectivity index (χ4v) is 8.65. The lowest BCUT2D eigenvalue weighted by atomic mass is 10.2. The van der Waals surface area contributed by atoms with Crippen LogP contribution < -0.4 is 16.1 Å². The van der Waals surface area contributed by atoms with Gasteiger partial charge < -0.3 is 14.9 Å². The molecule has 2 N–H and O–H groups in total. The number of nitrogens with two attached hydrogens (primary N) is 1. The van der Waals surface area contributed by atoms with Crippen LogP contribution in [0.5, 0.6) is 0 Å². The van der Waals surface area contributed by atoms with Crippen LogP contribution in [0.15, 0.2) is 79.1 Å². The Balaban J connectivity index is 1.94. The van der Waals surface area contributed by atoms with Crippen LogP contribution in [-0.4, -0.2) is 44.0 Å². The van der Waals surface area contributed by atoms with E-state index in [0.29, 0.717) is 13.2 Å². The fourth-order valence-electron chi connectivity index (χ4n) is 4.08. The van der Waals surface area contributed by atoms with Crippen LogP contribution >= 0.6 is 0 Å². The van der Waals surface area contributed by atoms with Crippen molar-refractivity contribution in [3.05, 3.63) is 79.1 Å². The van der Waals surface area contributed by atoms with Crippen molar-refractivity contribution in [2.75, 3.05) is 13.7 Å². The molecule has 3 aromatic rings. The Hall–Kier alpha value is -2.25. The number of hydrogen-bond acceptors (Lipinski definition) is 4. The van der Waals surface area contributed by atoms with Gasteiger partial charge >= 0.3 is 0 Å². The molecule has 0 spiro atoms. The summed E-state index contributed by atoms with van der Waals surface area (Å²) in [6, 6.07) is 22.9. The van der Waals surface area contributed by atoms with Crippen molar-refractivity contribution in [1.82, 2.24) is 9.78 Å². The summed E-state index contributed by atoms with van der Waals surface area (Å²) in [5.41, 5.74) is 6.49. The van der Waals surface area contributed by atoms with E-state index in [-0.39, 0.29) is 17.2 Å². The molecule has 0 aliphatic carbocycles. The van der Waals surface area contributed by atoms with E-state index in [2.05, 4.69) is 74.4 Å². The van der Waals surface area contributed by atoms with Gasteiger partial charge in [0.25, 0.3) is 8.32 Å². The second kappa shape index (κ2) is 9.70. The largest absolute Gasteiger partial charge is 0.405 e.